The zero-order valence-corrected chi connectivity index (χ0v) is 17.3. The molecule has 1 atom stereocenters. The molecule has 6 heteroatoms. The molecular formula is C22H25BrFNO3. The number of amides is 1. The molecule has 2 aromatic rings. The van der Waals surface area contributed by atoms with Crippen molar-refractivity contribution in [2.45, 2.75) is 45.1 Å². The molecule has 0 bridgehead atoms. The van der Waals surface area contributed by atoms with Gasteiger partial charge in [0.25, 0.3) is 0 Å². The number of carboxylic acid groups (broad SMARTS) is 1. The van der Waals surface area contributed by atoms with Crippen molar-refractivity contribution >= 4 is 22.0 Å². The summed E-state index contributed by atoms with van der Waals surface area (Å²) in [6.45, 7) is 0.880. The average molecular weight is 450 g/mol. The fourth-order valence-electron chi connectivity index (χ4n) is 3.72. The zero-order chi connectivity index (χ0) is 19.9. The summed E-state index contributed by atoms with van der Waals surface area (Å²) in [5.41, 5.74) is 2.87. The first-order chi connectivity index (χ1) is 13.5. The minimum atomic E-state index is -0.983. The van der Waals surface area contributed by atoms with E-state index in [1.165, 1.54) is 0 Å². The minimum Gasteiger partial charge on any atom is -0.488 e. The third kappa shape index (κ3) is 5.47. The van der Waals surface area contributed by atoms with Gasteiger partial charge in [0.2, 0.25) is 0 Å². The van der Waals surface area contributed by atoms with Crippen molar-refractivity contribution in [3.63, 3.8) is 0 Å². The summed E-state index contributed by atoms with van der Waals surface area (Å²) >= 11 is 3.38. The highest BCUT2D eigenvalue weighted by Crippen LogP contribution is 2.38. The van der Waals surface area contributed by atoms with Gasteiger partial charge in [-0.25, -0.2) is 9.18 Å². The monoisotopic (exact) mass is 449 g/mol. The molecule has 1 aliphatic rings. The second-order valence-corrected chi connectivity index (χ2v) is 8.04. The van der Waals surface area contributed by atoms with Crippen LogP contribution < -0.4 is 10.1 Å². The average Bonchev–Trinajstić information content (AvgIpc) is 2.70. The lowest BCUT2D eigenvalue weighted by molar-refractivity contribution is 0.194. The van der Waals surface area contributed by atoms with Gasteiger partial charge in [0.05, 0.1) is 4.47 Å². The largest absolute Gasteiger partial charge is 0.488 e. The first-order valence-corrected chi connectivity index (χ1v) is 10.5. The molecule has 0 saturated carbocycles. The molecule has 2 N–H and O–H groups in total. The first-order valence-electron chi connectivity index (χ1n) is 9.68. The predicted octanol–water partition coefficient (Wildman–Crippen LogP) is 5.71. The fourth-order valence-corrected chi connectivity index (χ4v) is 4.19. The number of ether oxygens (including phenoxy) is 1. The number of hydrogen-bond acceptors (Lipinski definition) is 2. The topological polar surface area (TPSA) is 58.6 Å². The number of carbonyl (C=O) groups is 1. The maximum atomic E-state index is 15.0. The molecule has 1 aliphatic carbocycles. The minimum absolute atomic E-state index is 0.210. The Labute approximate surface area is 173 Å². The van der Waals surface area contributed by atoms with Crippen LogP contribution in [0.2, 0.25) is 0 Å². The van der Waals surface area contributed by atoms with Gasteiger partial charge < -0.3 is 15.2 Å². The van der Waals surface area contributed by atoms with Gasteiger partial charge in [-0.05, 0) is 70.3 Å². The molecule has 1 amide bonds. The van der Waals surface area contributed by atoms with Gasteiger partial charge in [-0.3, -0.25) is 0 Å². The van der Waals surface area contributed by atoms with Gasteiger partial charge in [-0.15, -0.1) is 0 Å². The van der Waals surface area contributed by atoms with Crippen LogP contribution in [0.15, 0.2) is 40.9 Å². The van der Waals surface area contributed by atoms with Crippen molar-refractivity contribution in [1.82, 2.24) is 5.32 Å². The molecule has 0 saturated heterocycles. The van der Waals surface area contributed by atoms with Crippen LogP contribution >= 0.6 is 15.9 Å². The van der Waals surface area contributed by atoms with Crippen LogP contribution in [0, 0.1) is 11.7 Å². The first kappa shape index (κ1) is 20.6. The Morgan fingerprint density at radius 3 is 2.82 bits per heavy atom. The number of rotatable bonds is 8. The summed E-state index contributed by atoms with van der Waals surface area (Å²) in [6, 6.07) is 11.8. The molecule has 0 unspecified atom stereocenters. The summed E-state index contributed by atoms with van der Waals surface area (Å²) in [6.07, 6.45) is 4.37. The Bertz CT molecular complexity index is 813. The summed E-state index contributed by atoms with van der Waals surface area (Å²) in [7, 11) is 0. The Morgan fingerprint density at radius 1 is 1.29 bits per heavy atom. The molecule has 4 nitrogen and oxygen atoms in total. The summed E-state index contributed by atoms with van der Waals surface area (Å²) in [5.74, 6) is 0.783. The highest BCUT2D eigenvalue weighted by Gasteiger charge is 2.25. The fraction of sp³-hybridized carbons (Fsp3) is 0.409. The standard InChI is InChI=1S/C22H25BrFNO3/c23-20-19(28-14-16-7-2-1-3-8-16)13-17-10-9-15(12-18(17)21(20)24)6-4-5-11-25-22(26)27/h1-3,7-8,13,15,25H,4-6,9-12,14H2,(H,26,27)/t15-/m1/s1. The van der Waals surface area contributed by atoms with Gasteiger partial charge in [-0.2, -0.15) is 0 Å². The third-order valence-electron chi connectivity index (χ3n) is 5.23. The summed E-state index contributed by atoms with van der Waals surface area (Å²) in [4.78, 5) is 10.5. The molecule has 150 valence electrons. The van der Waals surface area contributed by atoms with Crippen molar-refractivity contribution in [3.05, 3.63) is 63.4 Å². The number of hydrogen-bond donors (Lipinski definition) is 2. The lowest BCUT2D eigenvalue weighted by Crippen LogP contribution is -2.22. The molecule has 0 spiro atoms. The molecule has 0 aliphatic heterocycles. The van der Waals surface area contributed by atoms with E-state index >= 15 is 0 Å². The van der Waals surface area contributed by atoms with Gasteiger partial charge in [0.15, 0.2) is 0 Å². The predicted molar refractivity (Wildman–Crippen MR) is 110 cm³/mol. The number of fused-ring (bicyclic) bond motifs is 1. The van der Waals surface area contributed by atoms with Crippen molar-refractivity contribution in [3.8, 4) is 5.75 Å². The maximum Gasteiger partial charge on any atom is 0.404 e. The number of nitrogens with one attached hydrogen (secondary N) is 1. The molecule has 3 rings (SSSR count). The third-order valence-corrected chi connectivity index (χ3v) is 5.97. The van der Waals surface area contributed by atoms with Crippen LogP contribution in [-0.4, -0.2) is 17.7 Å². The highest BCUT2D eigenvalue weighted by atomic mass is 79.9. The quantitative estimate of drug-likeness (QED) is 0.507. The smallest absolute Gasteiger partial charge is 0.404 e. The molecule has 0 aromatic heterocycles. The van der Waals surface area contributed by atoms with Crippen molar-refractivity contribution in [2.24, 2.45) is 5.92 Å². The van der Waals surface area contributed by atoms with Crippen LogP contribution in [0.1, 0.15) is 42.4 Å². The van der Waals surface area contributed by atoms with Crippen LogP contribution in [-0.2, 0) is 19.4 Å². The van der Waals surface area contributed by atoms with E-state index < -0.39 is 6.09 Å². The molecule has 0 fully saturated rings. The number of aryl methyl sites for hydroxylation is 1. The molecular weight excluding hydrogens is 425 g/mol. The normalized spacial score (nSPS) is 15.7. The molecule has 0 heterocycles. The van der Waals surface area contributed by atoms with Crippen molar-refractivity contribution < 1.29 is 19.0 Å². The van der Waals surface area contributed by atoms with Crippen LogP contribution in [0.3, 0.4) is 0 Å². The zero-order valence-electron chi connectivity index (χ0n) is 15.7. The molecule has 2 aromatic carbocycles. The summed E-state index contributed by atoms with van der Waals surface area (Å²) < 4.78 is 21.2. The Balaban J connectivity index is 1.59. The van der Waals surface area contributed by atoms with E-state index in [4.69, 9.17) is 9.84 Å². The van der Waals surface area contributed by atoms with E-state index in [1.807, 2.05) is 36.4 Å². The van der Waals surface area contributed by atoms with E-state index in [9.17, 15) is 9.18 Å². The SMILES string of the molecule is O=C(O)NCCCC[C@@H]1CCc2cc(OCc3ccccc3)c(Br)c(F)c2C1. The second kappa shape index (κ2) is 9.92. The van der Waals surface area contributed by atoms with E-state index in [0.29, 0.717) is 29.3 Å². The van der Waals surface area contributed by atoms with Crippen molar-refractivity contribution in [1.29, 1.82) is 0 Å². The molecule has 0 radical (unpaired) electrons. The van der Waals surface area contributed by atoms with E-state index in [-0.39, 0.29) is 5.82 Å². The summed E-state index contributed by atoms with van der Waals surface area (Å²) in [5, 5.41) is 11.0. The van der Waals surface area contributed by atoms with Gasteiger partial charge in [0.1, 0.15) is 18.2 Å². The number of unbranched alkanes of at least 4 members (excludes halogenated alkanes) is 1. The van der Waals surface area contributed by atoms with Crippen LogP contribution in [0.4, 0.5) is 9.18 Å². The Morgan fingerprint density at radius 2 is 2.07 bits per heavy atom. The van der Waals surface area contributed by atoms with E-state index in [2.05, 4.69) is 21.2 Å². The lowest BCUT2D eigenvalue weighted by Gasteiger charge is -2.26. The van der Waals surface area contributed by atoms with Gasteiger partial charge in [0, 0.05) is 6.54 Å². The maximum absolute atomic E-state index is 15.0. The number of benzene rings is 2. The van der Waals surface area contributed by atoms with E-state index in [1.54, 1.807) is 0 Å². The molecule has 28 heavy (non-hydrogen) atoms. The van der Waals surface area contributed by atoms with Crippen LogP contribution in [0.5, 0.6) is 5.75 Å². The Hall–Kier alpha value is -2.08. The van der Waals surface area contributed by atoms with Gasteiger partial charge >= 0.3 is 6.09 Å². The van der Waals surface area contributed by atoms with E-state index in [0.717, 1.165) is 55.2 Å². The van der Waals surface area contributed by atoms with Crippen LogP contribution in [0.25, 0.3) is 0 Å². The lowest BCUT2D eigenvalue weighted by atomic mass is 9.81. The second-order valence-electron chi connectivity index (χ2n) is 7.25. The van der Waals surface area contributed by atoms with Crippen molar-refractivity contribution in [2.75, 3.05) is 6.54 Å². The highest BCUT2D eigenvalue weighted by molar-refractivity contribution is 9.10. The Kier molecular flexibility index (Phi) is 7.31. The van der Waals surface area contributed by atoms with Gasteiger partial charge in [-0.1, -0.05) is 43.2 Å². The number of halogens is 2.